The first-order valence-electron chi connectivity index (χ1n) is 13.0. The molecule has 0 bridgehead atoms. The number of fused-ring (bicyclic) bond motifs is 4. The van der Waals surface area contributed by atoms with Gasteiger partial charge in [-0.2, -0.15) is 0 Å². The van der Waals surface area contributed by atoms with E-state index in [1.165, 1.54) is 51.2 Å². The molecule has 4 aliphatic carbocycles. The first-order chi connectivity index (χ1) is 14.2. The maximum Gasteiger partial charge on any atom is 0.127 e. The Balaban J connectivity index is 1.58. The fraction of sp³-hybridized carbons (Fsp3) is 0.893. The molecular formula is C28H46O2. The van der Waals surface area contributed by atoms with Crippen LogP contribution in [0.5, 0.6) is 0 Å². The molecule has 0 amide bonds. The molecule has 0 aliphatic heterocycles. The van der Waals surface area contributed by atoms with Crippen molar-refractivity contribution in [3.63, 3.8) is 0 Å². The van der Waals surface area contributed by atoms with Crippen molar-refractivity contribution < 1.29 is 9.90 Å². The van der Waals surface area contributed by atoms with E-state index in [0.29, 0.717) is 11.8 Å². The van der Waals surface area contributed by atoms with E-state index in [-0.39, 0.29) is 16.9 Å². The zero-order valence-electron chi connectivity index (χ0n) is 20.3. The molecule has 2 nitrogen and oxygen atoms in total. The van der Waals surface area contributed by atoms with Crippen LogP contribution in [0.15, 0.2) is 11.1 Å². The second-order valence-electron chi connectivity index (χ2n) is 12.6. The number of aldehydes is 1. The summed E-state index contributed by atoms with van der Waals surface area (Å²) in [4.78, 5) is 12.4. The van der Waals surface area contributed by atoms with Crippen molar-refractivity contribution in [2.75, 3.05) is 0 Å². The number of hydrogen-bond donors (Lipinski definition) is 1. The van der Waals surface area contributed by atoms with Gasteiger partial charge in [-0.3, -0.25) is 0 Å². The van der Waals surface area contributed by atoms with Gasteiger partial charge >= 0.3 is 0 Å². The highest BCUT2D eigenvalue weighted by atomic mass is 16.3. The van der Waals surface area contributed by atoms with Crippen LogP contribution in [0.3, 0.4) is 0 Å². The van der Waals surface area contributed by atoms with Crippen molar-refractivity contribution in [3.8, 4) is 0 Å². The molecule has 0 spiro atoms. The van der Waals surface area contributed by atoms with Crippen LogP contribution in [0, 0.1) is 39.9 Å². The maximum atomic E-state index is 12.4. The molecule has 0 saturated heterocycles. The van der Waals surface area contributed by atoms with Crippen molar-refractivity contribution >= 4 is 6.29 Å². The van der Waals surface area contributed by atoms with Gasteiger partial charge in [-0.25, -0.2) is 0 Å². The molecule has 4 aliphatic rings. The first-order valence-corrected chi connectivity index (χ1v) is 13.0. The second kappa shape index (κ2) is 8.05. The topological polar surface area (TPSA) is 37.3 Å². The molecule has 2 heteroatoms. The number of aliphatic hydroxyl groups excluding tert-OH is 1. The minimum atomic E-state index is -0.320. The monoisotopic (exact) mass is 414 g/mol. The van der Waals surface area contributed by atoms with Gasteiger partial charge in [0.25, 0.3) is 0 Å². The molecule has 4 rings (SSSR count). The van der Waals surface area contributed by atoms with Gasteiger partial charge in [0.2, 0.25) is 0 Å². The van der Waals surface area contributed by atoms with E-state index in [1.54, 1.807) is 11.1 Å². The van der Waals surface area contributed by atoms with Crippen molar-refractivity contribution in [1.29, 1.82) is 0 Å². The van der Waals surface area contributed by atoms with Gasteiger partial charge in [-0.05, 0) is 86.9 Å². The van der Waals surface area contributed by atoms with Gasteiger partial charge in [0.05, 0.1) is 6.10 Å². The molecule has 170 valence electrons. The Labute approximate surface area is 185 Å². The van der Waals surface area contributed by atoms with Gasteiger partial charge in [-0.15, -0.1) is 0 Å². The Hall–Kier alpha value is -0.630. The number of rotatable bonds is 6. The summed E-state index contributed by atoms with van der Waals surface area (Å²) < 4.78 is 0. The summed E-state index contributed by atoms with van der Waals surface area (Å²) in [6, 6.07) is 0. The van der Waals surface area contributed by atoms with E-state index in [2.05, 4.69) is 34.6 Å². The summed E-state index contributed by atoms with van der Waals surface area (Å²) in [5, 5.41) is 10.4. The van der Waals surface area contributed by atoms with E-state index in [4.69, 9.17) is 0 Å². The largest absolute Gasteiger partial charge is 0.393 e. The molecule has 1 N–H and O–H groups in total. The third-order valence-electron chi connectivity index (χ3n) is 10.7. The third kappa shape index (κ3) is 3.35. The van der Waals surface area contributed by atoms with E-state index in [9.17, 15) is 9.90 Å². The van der Waals surface area contributed by atoms with Crippen LogP contribution in [0.25, 0.3) is 0 Å². The van der Waals surface area contributed by atoms with Gasteiger partial charge in [0, 0.05) is 10.8 Å². The Kier molecular flexibility index (Phi) is 6.06. The van der Waals surface area contributed by atoms with E-state index >= 15 is 0 Å². The lowest BCUT2D eigenvalue weighted by molar-refractivity contribution is -0.132. The van der Waals surface area contributed by atoms with Gasteiger partial charge in [0.1, 0.15) is 6.29 Å². The predicted octanol–water partition coefficient (Wildman–Crippen LogP) is 7.10. The fourth-order valence-electron chi connectivity index (χ4n) is 8.78. The highest BCUT2D eigenvalue weighted by Gasteiger charge is 2.60. The number of allylic oxidation sites excluding steroid dienone is 2. The zero-order chi connectivity index (χ0) is 21.7. The van der Waals surface area contributed by atoms with Crippen molar-refractivity contribution in [2.45, 2.75) is 118 Å². The van der Waals surface area contributed by atoms with Gasteiger partial charge in [-0.1, -0.05) is 65.0 Å². The van der Waals surface area contributed by atoms with Crippen LogP contribution in [0.2, 0.25) is 0 Å². The SMILES string of the molecule is CC(C)CCC[C@@H](C)[C@H]1CCC2C3=C(CC[C@@]21C)[C@@]1(C)CC[C@H](O)C[C@]1(C=O)CC3. The Morgan fingerprint density at radius 3 is 2.50 bits per heavy atom. The summed E-state index contributed by atoms with van der Waals surface area (Å²) in [7, 11) is 0. The molecule has 30 heavy (non-hydrogen) atoms. The van der Waals surface area contributed by atoms with E-state index in [1.807, 2.05) is 0 Å². The van der Waals surface area contributed by atoms with E-state index < -0.39 is 0 Å². The lowest BCUT2D eigenvalue weighted by Gasteiger charge is -2.59. The van der Waals surface area contributed by atoms with Crippen LogP contribution in [-0.4, -0.2) is 17.5 Å². The standard InChI is InChI=1S/C28H46O2/c1-19(2)7-6-8-20(3)23-9-10-24-22-12-16-28(18-29)17-21(30)11-15-27(28,5)25(22)13-14-26(23,24)4/h18-21,23-24,30H,6-17H2,1-5H3/t20-,21+,23-,24?,26-,27-,28+/m1/s1. The molecule has 0 aromatic carbocycles. The second-order valence-corrected chi connectivity index (χ2v) is 12.6. The van der Waals surface area contributed by atoms with Crippen LogP contribution in [0.1, 0.15) is 112 Å². The number of carbonyl (C=O) groups excluding carboxylic acids is 1. The third-order valence-corrected chi connectivity index (χ3v) is 10.7. The number of aliphatic hydroxyl groups is 1. The summed E-state index contributed by atoms with van der Waals surface area (Å²) in [6.07, 6.45) is 15.0. The lowest BCUT2D eigenvalue weighted by atomic mass is 9.45. The van der Waals surface area contributed by atoms with Gasteiger partial charge < -0.3 is 9.90 Å². The Morgan fingerprint density at radius 2 is 1.80 bits per heavy atom. The molecular weight excluding hydrogens is 368 g/mol. The quantitative estimate of drug-likeness (QED) is 0.372. The zero-order valence-corrected chi connectivity index (χ0v) is 20.3. The minimum Gasteiger partial charge on any atom is -0.393 e. The van der Waals surface area contributed by atoms with Crippen LogP contribution >= 0.6 is 0 Å². The average Bonchev–Trinajstić information content (AvgIpc) is 3.05. The summed E-state index contributed by atoms with van der Waals surface area (Å²) >= 11 is 0. The highest BCUT2D eigenvalue weighted by Crippen LogP contribution is 2.68. The fourth-order valence-corrected chi connectivity index (χ4v) is 8.78. The van der Waals surface area contributed by atoms with Gasteiger partial charge in [0.15, 0.2) is 0 Å². The molecule has 0 aromatic rings. The first kappa shape index (κ1) is 22.6. The van der Waals surface area contributed by atoms with Crippen molar-refractivity contribution in [1.82, 2.24) is 0 Å². The highest BCUT2D eigenvalue weighted by molar-refractivity contribution is 5.65. The smallest absolute Gasteiger partial charge is 0.127 e. The molecule has 0 heterocycles. The maximum absolute atomic E-state index is 12.4. The Bertz CT molecular complexity index is 693. The molecule has 2 saturated carbocycles. The number of hydrogen-bond acceptors (Lipinski definition) is 2. The Morgan fingerprint density at radius 1 is 1.03 bits per heavy atom. The summed E-state index contributed by atoms with van der Waals surface area (Å²) in [5.41, 5.74) is 3.55. The lowest BCUT2D eigenvalue weighted by Crippen LogP contribution is -2.53. The average molecular weight is 415 g/mol. The molecule has 0 radical (unpaired) electrons. The van der Waals surface area contributed by atoms with Crippen molar-refractivity contribution in [3.05, 3.63) is 11.1 Å². The molecule has 0 aromatic heterocycles. The van der Waals surface area contributed by atoms with Crippen LogP contribution in [-0.2, 0) is 4.79 Å². The summed E-state index contributed by atoms with van der Waals surface area (Å²) in [6.45, 7) is 12.2. The summed E-state index contributed by atoms with van der Waals surface area (Å²) in [5.74, 6) is 3.26. The minimum absolute atomic E-state index is 0.0101. The van der Waals surface area contributed by atoms with Crippen LogP contribution in [0.4, 0.5) is 0 Å². The van der Waals surface area contributed by atoms with E-state index in [0.717, 1.165) is 49.4 Å². The molecule has 2 fully saturated rings. The molecule has 7 atom stereocenters. The predicted molar refractivity (Wildman–Crippen MR) is 124 cm³/mol. The van der Waals surface area contributed by atoms with Crippen molar-refractivity contribution in [2.24, 2.45) is 39.9 Å². The van der Waals surface area contributed by atoms with Crippen LogP contribution < -0.4 is 0 Å². The number of carbonyl (C=O) groups is 1. The molecule has 1 unspecified atom stereocenters. The normalized spacial score (nSPS) is 44.4.